The molecule has 0 aromatic heterocycles. The zero-order chi connectivity index (χ0) is 12.4. The number of carbonyl (C=O) groups is 1. The van der Waals surface area contributed by atoms with E-state index in [4.69, 9.17) is 4.74 Å². The smallest absolute Gasteiger partial charge is 0.225 e. The van der Waals surface area contributed by atoms with E-state index in [1.165, 1.54) is 0 Å². The molecule has 1 rings (SSSR count). The van der Waals surface area contributed by atoms with Gasteiger partial charge in [-0.05, 0) is 27.7 Å². The zero-order valence-electron chi connectivity index (χ0n) is 11.1. The summed E-state index contributed by atoms with van der Waals surface area (Å²) in [6.07, 6.45) is 0.444. The van der Waals surface area contributed by atoms with Gasteiger partial charge in [-0.2, -0.15) is 0 Å². The predicted molar refractivity (Wildman–Crippen MR) is 64.4 cm³/mol. The second-order valence-corrected chi connectivity index (χ2v) is 5.77. The van der Waals surface area contributed by atoms with Gasteiger partial charge in [0.25, 0.3) is 0 Å². The molecular formula is C12H24N2O2. The van der Waals surface area contributed by atoms with Gasteiger partial charge in [-0.25, -0.2) is 0 Å². The molecule has 0 bridgehead atoms. The number of rotatable bonds is 3. The lowest BCUT2D eigenvalue weighted by Gasteiger charge is -2.40. The van der Waals surface area contributed by atoms with E-state index in [2.05, 4.69) is 19.2 Å². The fraction of sp³-hybridized carbons (Fsp3) is 0.917. The quantitative estimate of drug-likeness (QED) is 0.784. The third kappa shape index (κ3) is 3.76. The molecule has 1 heterocycles. The monoisotopic (exact) mass is 228 g/mol. The zero-order valence-corrected chi connectivity index (χ0v) is 11.1. The normalized spacial score (nSPS) is 20.9. The maximum absolute atomic E-state index is 12.1. The third-order valence-corrected chi connectivity index (χ3v) is 3.05. The molecule has 0 aromatic rings. The Balaban J connectivity index is 2.54. The molecule has 16 heavy (non-hydrogen) atoms. The molecule has 1 aliphatic rings. The Bertz CT molecular complexity index is 262. The summed E-state index contributed by atoms with van der Waals surface area (Å²) in [5.74, 6) is 0.182. The van der Waals surface area contributed by atoms with Crippen molar-refractivity contribution >= 4 is 5.91 Å². The summed E-state index contributed by atoms with van der Waals surface area (Å²) in [6, 6.07) is 0. The van der Waals surface area contributed by atoms with Crippen LogP contribution in [0.4, 0.5) is 0 Å². The van der Waals surface area contributed by atoms with Gasteiger partial charge in [0.05, 0.1) is 12.0 Å². The van der Waals surface area contributed by atoms with Crippen LogP contribution >= 0.6 is 0 Å². The lowest BCUT2D eigenvalue weighted by Crippen LogP contribution is -2.58. The largest absolute Gasteiger partial charge is 0.378 e. The molecule has 1 N–H and O–H groups in total. The van der Waals surface area contributed by atoms with Crippen molar-refractivity contribution in [2.45, 2.75) is 45.3 Å². The fourth-order valence-corrected chi connectivity index (χ4v) is 1.90. The van der Waals surface area contributed by atoms with Crippen LogP contribution in [0, 0.1) is 0 Å². The van der Waals surface area contributed by atoms with Crippen LogP contribution in [-0.4, -0.2) is 48.7 Å². The van der Waals surface area contributed by atoms with Crippen molar-refractivity contribution in [3.63, 3.8) is 0 Å². The number of nitrogens with one attached hydrogen (secondary N) is 1. The lowest BCUT2D eigenvalue weighted by molar-refractivity contribution is -0.138. The van der Waals surface area contributed by atoms with E-state index in [0.29, 0.717) is 6.42 Å². The molecule has 1 fully saturated rings. The van der Waals surface area contributed by atoms with E-state index in [9.17, 15) is 4.79 Å². The molecule has 1 saturated heterocycles. The van der Waals surface area contributed by atoms with Crippen LogP contribution in [0.25, 0.3) is 0 Å². The van der Waals surface area contributed by atoms with E-state index >= 15 is 0 Å². The molecule has 94 valence electrons. The van der Waals surface area contributed by atoms with Gasteiger partial charge in [0.15, 0.2) is 0 Å². The molecule has 1 aliphatic heterocycles. The molecule has 1 amide bonds. The highest BCUT2D eigenvalue weighted by atomic mass is 16.5. The summed E-state index contributed by atoms with van der Waals surface area (Å²) in [5, 5.41) is 3.39. The van der Waals surface area contributed by atoms with Gasteiger partial charge in [0.1, 0.15) is 0 Å². The Morgan fingerprint density at radius 3 is 2.62 bits per heavy atom. The minimum absolute atomic E-state index is 0.0190. The van der Waals surface area contributed by atoms with Crippen molar-refractivity contribution in [2.24, 2.45) is 0 Å². The molecule has 4 heteroatoms. The Hall–Kier alpha value is -0.610. The first-order valence-electron chi connectivity index (χ1n) is 5.84. The first-order chi connectivity index (χ1) is 7.26. The molecule has 0 radical (unpaired) electrons. The average molecular weight is 228 g/mol. The number of piperazine rings is 1. The van der Waals surface area contributed by atoms with Gasteiger partial charge in [0.2, 0.25) is 5.91 Å². The topological polar surface area (TPSA) is 41.6 Å². The van der Waals surface area contributed by atoms with Crippen molar-refractivity contribution in [1.29, 1.82) is 0 Å². The van der Waals surface area contributed by atoms with Crippen molar-refractivity contribution in [1.82, 2.24) is 10.2 Å². The lowest BCUT2D eigenvalue weighted by atomic mass is 9.99. The van der Waals surface area contributed by atoms with E-state index in [0.717, 1.165) is 19.6 Å². The van der Waals surface area contributed by atoms with Crippen LogP contribution in [0.1, 0.15) is 34.1 Å². The third-order valence-electron chi connectivity index (χ3n) is 3.05. The van der Waals surface area contributed by atoms with Gasteiger partial charge in [-0.1, -0.05) is 0 Å². The molecule has 0 aliphatic carbocycles. The van der Waals surface area contributed by atoms with Crippen LogP contribution in [-0.2, 0) is 9.53 Å². The number of amides is 1. The van der Waals surface area contributed by atoms with Gasteiger partial charge in [-0.15, -0.1) is 0 Å². The molecule has 4 nitrogen and oxygen atoms in total. The second kappa shape index (κ2) is 4.72. The second-order valence-electron chi connectivity index (χ2n) is 5.77. The highest BCUT2D eigenvalue weighted by Crippen LogP contribution is 2.17. The number of hydrogen-bond acceptors (Lipinski definition) is 3. The Kier molecular flexibility index (Phi) is 3.97. The average Bonchev–Trinajstić information content (AvgIpc) is 2.15. The molecule has 0 spiro atoms. The van der Waals surface area contributed by atoms with Crippen LogP contribution in [0.3, 0.4) is 0 Å². The summed E-state index contributed by atoms with van der Waals surface area (Å²) in [5.41, 5.74) is -0.350. The maximum atomic E-state index is 12.1. The van der Waals surface area contributed by atoms with E-state index in [1.54, 1.807) is 7.11 Å². The van der Waals surface area contributed by atoms with Crippen molar-refractivity contribution in [2.75, 3.05) is 26.7 Å². The van der Waals surface area contributed by atoms with Crippen molar-refractivity contribution < 1.29 is 9.53 Å². The van der Waals surface area contributed by atoms with Crippen LogP contribution in [0.5, 0.6) is 0 Å². The summed E-state index contributed by atoms with van der Waals surface area (Å²) >= 11 is 0. The van der Waals surface area contributed by atoms with Crippen molar-refractivity contribution in [3.05, 3.63) is 0 Å². The summed E-state index contributed by atoms with van der Waals surface area (Å²) in [4.78, 5) is 14.0. The molecule has 0 unspecified atom stereocenters. The number of nitrogens with zero attached hydrogens (tertiary/aromatic N) is 1. The molecule has 0 aromatic carbocycles. The maximum Gasteiger partial charge on any atom is 0.225 e. The number of methoxy groups -OCH3 is 1. The first-order valence-corrected chi connectivity index (χ1v) is 5.84. The predicted octanol–water partition coefficient (Wildman–Crippen LogP) is 1.01. The fourth-order valence-electron chi connectivity index (χ4n) is 1.90. The SMILES string of the molecule is COC(C)(C)CC(=O)N1CCNC(C)(C)C1. The number of ether oxygens (including phenoxy) is 1. The summed E-state index contributed by atoms with van der Waals surface area (Å²) in [6.45, 7) is 10.6. The minimum Gasteiger partial charge on any atom is -0.378 e. The Labute approximate surface area is 98.3 Å². The van der Waals surface area contributed by atoms with E-state index in [-0.39, 0.29) is 17.0 Å². The highest BCUT2D eigenvalue weighted by molar-refractivity contribution is 5.77. The summed E-state index contributed by atoms with van der Waals surface area (Å²) < 4.78 is 5.29. The summed E-state index contributed by atoms with van der Waals surface area (Å²) in [7, 11) is 1.65. The van der Waals surface area contributed by atoms with E-state index < -0.39 is 0 Å². The standard InChI is InChI=1S/C12H24N2O2/c1-11(2)9-14(7-6-13-11)10(15)8-12(3,4)16-5/h13H,6-9H2,1-5H3. The first kappa shape index (κ1) is 13.5. The number of hydrogen-bond donors (Lipinski definition) is 1. The number of carbonyl (C=O) groups excluding carboxylic acids is 1. The van der Waals surface area contributed by atoms with Gasteiger partial charge in [0, 0.05) is 32.3 Å². The van der Waals surface area contributed by atoms with Crippen molar-refractivity contribution in [3.8, 4) is 0 Å². The Morgan fingerprint density at radius 1 is 1.50 bits per heavy atom. The van der Waals surface area contributed by atoms with Crippen LogP contribution in [0.2, 0.25) is 0 Å². The van der Waals surface area contributed by atoms with Gasteiger partial charge < -0.3 is 15.0 Å². The molecular weight excluding hydrogens is 204 g/mol. The Morgan fingerprint density at radius 2 is 2.12 bits per heavy atom. The molecule has 0 saturated carbocycles. The highest BCUT2D eigenvalue weighted by Gasteiger charge is 2.31. The van der Waals surface area contributed by atoms with E-state index in [1.807, 2.05) is 18.7 Å². The van der Waals surface area contributed by atoms with Crippen LogP contribution < -0.4 is 5.32 Å². The molecule has 0 atom stereocenters. The van der Waals surface area contributed by atoms with Gasteiger partial charge in [-0.3, -0.25) is 4.79 Å². The van der Waals surface area contributed by atoms with Crippen LogP contribution in [0.15, 0.2) is 0 Å². The minimum atomic E-state index is -0.369. The van der Waals surface area contributed by atoms with Gasteiger partial charge >= 0.3 is 0 Å².